The number of hydrogen-bond acceptors (Lipinski definition) is 4. The molecule has 0 aromatic heterocycles. The van der Waals surface area contributed by atoms with Crippen LogP contribution in [0.4, 0.5) is 0 Å². The van der Waals surface area contributed by atoms with Crippen LogP contribution in [0.1, 0.15) is 67.6 Å². The van der Waals surface area contributed by atoms with Gasteiger partial charge in [-0.25, -0.2) is 4.79 Å². The molecule has 0 aliphatic heterocycles. The number of aliphatic carboxylic acids is 1. The molecular weight excluding hydrogens is 478 g/mol. The molecule has 0 bridgehead atoms. The highest BCUT2D eigenvalue weighted by molar-refractivity contribution is 6.02. The van der Waals surface area contributed by atoms with Crippen LogP contribution in [0.15, 0.2) is 72.8 Å². The second-order valence-electron chi connectivity index (χ2n) is 8.40. The van der Waals surface area contributed by atoms with E-state index in [9.17, 15) is 14.7 Å². The Morgan fingerprint density at radius 3 is 2.05 bits per heavy atom. The Balaban J connectivity index is 0.00000110. The van der Waals surface area contributed by atoms with Crippen molar-refractivity contribution < 1.29 is 24.2 Å². The van der Waals surface area contributed by atoms with Crippen LogP contribution in [0.2, 0.25) is 0 Å². The summed E-state index contributed by atoms with van der Waals surface area (Å²) < 4.78 is 10.4. The lowest BCUT2D eigenvalue weighted by Gasteiger charge is -2.17. The number of rotatable bonds is 11. The number of nitrogens with one attached hydrogen (secondary N) is 1. The van der Waals surface area contributed by atoms with Gasteiger partial charge >= 0.3 is 5.97 Å². The largest absolute Gasteiger partial charge is 0.480 e. The molecule has 2 N–H and O–H groups in total. The number of ether oxygens (including phenoxy) is 2. The van der Waals surface area contributed by atoms with E-state index in [-0.39, 0.29) is 5.91 Å². The summed E-state index contributed by atoms with van der Waals surface area (Å²) in [6.45, 7) is 11.6. The molecule has 206 valence electrons. The van der Waals surface area contributed by atoms with Crippen molar-refractivity contribution in [3.8, 4) is 11.1 Å². The van der Waals surface area contributed by atoms with Gasteiger partial charge in [0.2, 0.25) is 0 Å². The van der Waals surface area contributed by atoms with Gasteiger partial charge in [-0.3, -0.25) is 4.79 Å². The number of aryl methyl sites for hydroxylation is 1. The smallest absolute Gasteiger partial charge is 0.326 e. The number of carboxylic acids is 1. The monoisotopic (exact) mass is 521 g/mol. The number of carboxylic acid groups (broad SMARTS) is 1. The lowest BCUT2D eigenvalue weighted by atomic mass is 9.93. The first-order chi connectivity index (χ1) is 18.4. The third-order valence-electron chi connectivity index (χ3n) is 5.61. The van der Waals surface area contributed by atoms with E-state index in [0.29, 0.717) is 31.6 Å². The zero-order valence-electron chi connectivity index (χ0n) is 23.6. The molecule has 1 atom stereocenters. The number of benzene rings is 3. The van der Waals surface area contributed by atoms with Gasteiger partial charge in [0, 0.05) is 19.3 Å². The Bertz CT molecular complexity index is 1100. The van der Waals surface area contributed by atoms with E-state index < -0.39 is 12.0 Å². The second-order valence-corrected chi connectivity index (χ2v) is 8.40. The van der Waals surface area contributed by atoms with Crippen molar-refractivity contribution in [2.45, 2.75) is 66.7 Å². The van der Waals surface area contributed by atoms with E-state index >= 15 is 0 Å². The third-order valence-corrected chi connectivity index (χ3v) is 5.61. The molecule has 3 aromatic rings. The molecule has 6 heteroatoms. The van der Waals surface area contributed by atoms with Gasteiger partial charge in [-0.1, -0.05) is 87.9 Å². The highest BCUT2D eigenvalue weighted by atomic mass is 16.5. The maximum absolute atomic E-state index is 13.0. The van der Waals surface area contributed by atoms with Gasteiger partial charge in [-0.05, 0) is 60.2 Å². The average molecular weight is 522 g/mol. The fourth-order valence-corrected chi connectivity index (χ4v) is 3.62. The molecule has 0 radical (unpaired) electrons. The lowest BCUT2D eigenvalue weighted by molar-refractivity contribution is -0.139. The standard InChI is InChI=1S/C27H29NO4.C3H8O.C2H6/c1-3-9-25(27(30)31)28-26(29)23-15-14-21(18-32-17-20-11-5-4-6-12-20)16-24(23)22-13-8-7-10-19(22)2;1-3-4-2;1-2/h4-8,10-16,25H,3,9,17-18H2,1-2H3,(H,28,29)(H,30,31);3H2,1-2H3;1-2H3. The molecule has 0 aliphatic carbocycles. The Hall–Kier alpha value is -3.48. The SMILES string of the molecule is CC.CCCC(NC(=O)c1ccc(COCc2ccccc2)cc1-c1ccccc1C)C(=O)O.CCOC. The van der Waals surface area contributed by atoms with Gasteiger partial charge in [0.25, 0.3) is 5.91 Å². The van der Waals surface area contributed by atoms with Crippen molar-refractivity contribution >= 4 is 11.9 Å². The molecular formula is C32H43NO5. The second kappa shape index (κ2) is 18.7. The van der Waals surface area contributed by atoms with Gasteiger partial charge in [0.15, 0.2) is 0 Å². The van der Waals surface area contributed by atoms with E-state index in [2.05, 4.69) is 10.1 Å². The van der Waals surface area contributed by atoms with Crippen LogP contribution in [0.25, 0.3) is 11.1 Å². The van der Waals surface area contributed by atoms with E-state index in [1.54, 1.807) is 13.2 Å². The number of carbonyl (C=O) groups excluding carboxylic acids is 1. The van der Waals surface area contributed by atoms with Gasteiger partial charge in [0.1, 0.15) is 6.04 Å². The van der Waals surface area contributed by atoms with Crippen molar-refractivity contribution in [2.75, 3.05) is 13.7 Å². The molecule has 1 amide bonds. The molecule has 6 nitrogen and oxygen atoms in total. The fourth-order valence-electron chi connectivity index (χ4n) is 3.62. The van der Waals surface area contributed by atoms with Crippen LogP contribution in [-0.4, -0.2) is 36.7 Å². The van der Waals surface area contributed by atoms with Crippen LogP contribution >= 0.6 is 0 Å². The molecule has 0 fully saturated rings. The number of carbonyl (C=O) groups is 2. The molecule has 3 rings (SSSR count). The fraction of sp³-hybridized carbons (Fsp3) is 0.375. The Kier molecular flexibility index (Phi) is 16.0. The van der Waals surface area contributed by atoms with E-state index in [1.807, 2.05) is 101 Å². The number of hydrogen-bond donors (Lipinski definition) is 2. The zero-order valence-corrected chi connectivity index (χ0v) is 23.6. The van der Waals surface area contributed by atoms with Crippen LogP contribution in [0.5, 0.6) is 0 Å². The normalized spacial score (nSPS) is 10.8. The topological polar surface area (TPSA) is 84.9 Å². The molecule has 0 saturated carbocycles. The number of amides is 1. The molecule has 3 aromatic carbocycles. The van der Waals surface area contributed by atoms with Gasteiger partial charge in [-0.2, -0.15) is 0 Å². The minimum atomic E-state index is -1.02. The van der Waals surface area contributed by atoms with Crippen molar-refractivity contribution in [2.24, 2.45) is 0 Å². The minimum Gasteiger partial charge on any atom is -0.480 e. The summed E-state index contributed by atoms with van der Waals surface area (Å²) in [6.07, 6.45) is 1.05. The van der Waals surface area contributed by atoms with Gasteiger partial charge < -0.3 is 19.9 Å². The average Bonchev–Trinajstić information content (AvgIpc) is 2.94. The van der Waals surface area contributed by atoms with Gasteiger partial charge in [-0.15, -0.1) is 0 Å². The highest BCUT2D eigenvalue weighted by Gasteiger charge is 2.22. The van der Waals surface area contributed by atoms with Crippen LogP contribution in [0, 0.1) is 6.92 Å². The van der Waals surface area contributed by atoms with Crippen LogP contribution < -0.4 is 5.32 Å². The van der Waals surface area contributed by atoms with Crippen molar-refractivity contribution in [3.63, 3.8) is 0 Å². The third kappa shape index (κ3) is 10.9. The quantitative estimate of drug-likeness (QED) is 0.283. The summed E-state index contributed by atoms with van der Waals surface area (Å²) in [5.41, 5.74) is 5.23. The van der Waals surface area contributed by atoms with Crippen LogP contribution in [0.3, 0.4) is 0 Å². The summed E-state index contributed by atoms with van der Waals surface area (Å²) >= 11 is 0. The maximum atomic E-state index is 13.0. The molecule has 0 spiro atoms. The zero-order chi connectivity index (χ0) is 28.3. The molecule has 38 heavy (non-hydrogen) atoms. The van der Waals surface area contributed by atoms with Crippen molar-refractivity contribution in [1.29, 1.82) is 0 Å². The van der Waals surface area contributed by atoms with E-state index in [4.69, 9.17) is 4.74 Å². The molecule has 0 saturated heterocycles. The van der Waals surface area contributed by atoms with Gasteiger partial charge in [0.05, 0.1) is 13.2 Å². The molecule has 0 heterocycles. The van der Waals surface area contributed by atoms with Crippen molar-refractivity contribution in [1.82, 2.24) is 5.32 Å². The van der Waals surface area contributed by atoms with Crippen molar-refractivity contribution in [3.05, 3.63) is 95.1 Å². The number of methoxy groups -OCH3 is 1. The predicted octanol–water partition coefficient (Wildman–Crippen LogP) is 7.04. The Morgan fingerprint density at radius 2 is 1.47 bits per heavy atom. The highest BCUT2D eigenvalue weighted by Crippen LogP contribution is 2.28. The Labute approximate surface area is 228 Å². The van der Waals surface area contributed by atoms with Crippen LogP contribution in [-0.2, 0) is 27.5 Å². The first-order valence-corrected chi connectivity index (χ1v) is 13.2. The van der Waals surface area contributed by atoms with E-state index in [0.717, 1.165) is 34.4 Å². The Morgan fingerprint density at radius 1 is 0.868 bits per heavy atom. The summed E-state index contributed by atoms with van der Waals surface area (Å²) in [6, 6.07) is 22.5. The minimum absolute atomic E-state index is 0.381. The molecule has 0 aliphatic rings. The first-order valence-electron chi connectivity index (χ1n) is 13.2. The summed E-state index contributed by atoms with van der Waals surface area (Å²) in [5, 5.41) is 12.1. The maximum Gasteiger partial charge on any atom is 0.326 e. The lowest BCUT2D eigenvalue weighted by Crippen LogP contribution is -2.40. The molecule has 1 unspecified atom stereocenters. The summed E-state index contributed by atoms with van der Waals surface area (Å²) in [5.74, 6) is -1.41. The summed E-state index contributed by atoms with van der Waals surface area (Å²) in [4.78, 5) is 24.6. The first kappa shape index (κ1) is 32.5. The van der Waals surface area contributed by atoms with E-state index in [1.165, 1.54) is 0 Å². The summed E-state index contributed by atoms with van der Waals surface area (Å²) in [7, 11) is 1.68. The predicted molar refractivity (Wildman–Crippen MR) is 154 cm³/mol.